The summed E-state index contributed by atoms with van der Waals surface area (Å²) in [6.45, 7) is 3.73. The SMILES string of the molecule is C[C@]12C=CC(=O)C=C1CC[C@H]1[C@@H]3CC[C@](OC(=O)c4ccc(Oc5ccc(Cl)c(OCc6ccccc6)c5)cc4)(C(=O)O)[C@@]3(C)C[C@H](O)[C@@]12F. The number of hydrogen-bond acceptors (Lipinski definition) is 7. The Bertz CT molecular complexity index is 1910. The van der Waals surface area contributed by atoms with E-state index < -0.39 is 52.0 Å². The van der Waals surface area contributed by atoms with Crippen LogP contribution in [-0.2, 0) is 20.9 Å². The second-order valence-corrected chi connectivity index (χ2v) is 14.7. The molecule has 10 heteroatoms. The Morgan fingerprint density at radius 1 is 0.980 bits per heavy atom. The average molecular weight is 701 g/mol. The lowest BCUT2D eigenvalue weighted by atomic mass is 9.45. The fraction of sp³-hybridized carbons (Fsp3) is 0.375. The van der Waals surface area contributed by atoms with Crippen molar-refractivity contribution in [3.8, 4) is 17.2 Å². The summed E-state index contributed by atoms with van der Waals surface area (Å²) in [5.41, 5.74) is -4.83. The highest BCUT2D eigenvalue weighted by Crippen LogP contribution is 2.70. The third-order valence-corrected chi connectivity index (χ3v) is 12.2. The summed E-state index contributed by atoms with van der Waals surface area (Å²) in [5, 5.41) is 22.7. The number of allylic oxidation sites excluding steroid dienone is 4. The quantitative estimate of drug-likeness (QED) is 0.227. The first-order valence-corrected chi connectivity index (χ1v) is 17.2. The van der Waals surface area contributed by atoms with Gasteiger partial charge in [-0.15, -0.1) is 0 Å². The van der Waals surface area contributed by atoms with Gasteiger partial charge in [-0.1, -0.05) is 60.5 Å². The van der Waals surface area contributed by atoms with Crippen LogP contribution in [0.15, 0.2) is 96.6 Å². The van der Waals surface area contributed by atoms with Crippen molar-refractivity contribution < 1.29 is 43.2 Å². The molecule has 260 valence electrons. The number of ether oxygens (including phenoxy) is 3. The van der Waals surface area contributed by atoms with Gasteiger partial charge in [0.1, 0.15) is 23.9 Å². The number of hydrogen-bond donors (Lipinski definition) is 2. The molecule has 7 rings (SSSR count). The Balaban J connectivity index is 1.08. The van der Waals surface area contributed by atoms with Gasteiger partial charge in [0.2, 0.25) is 5.60 Å². The van der Waals surface area contributed by atoms with Crippen LogP contribution >= 0.6 is 11.6 Å². The minimum atomic E-state index is -2.12. The number of aliphatic carboxylic acids is 1. The number of rotatable bonds is 8. The fourth-order valence-electron chi connectivity index (χ4n) is 9.17. The topological polar surface area (TPSA) is 119 Å². The van der Waals surface area contributed by atoms with Crippen LogP contribution in [0.2, 0.25) is 5.02 Å². The molecule has 4 aliphatic rings. The maximum atomic E-state index is 17.5. The van der Waals surface area contributed by atoms with Gasteiger partial charge in [-0.05, 0) is 99.1 Å². The minimum absolute atomic E-state index is 0.0191. The molecule has 3 saturated carbocycles. The molecule has 50 heavy (non-hydrogen) atoms. The fourth-order valence-corrected chi connectivity index (χ4v) is 9.34. The van der Waals surface area contributed by atoms with Gasteiger partial charge in [-0.25, -0.2) is 14.0 Å². The summed E-state index contributed by atoms with van der Waals surface area (Å²) in [6.07, 6.45) is 3.67. The maximum Gasteiger partial charge on any atom is 0.348 e. The van der Waals surface area contributed by atoms with E-state index in [2.05, 4.69) is 0 Å². The van der Waals surface area contributed by atoms with Crippen LogP contribution in [0.3, 0.4) is 0 Å². The lowest BCUT2D eigenvalue weighted by Crippen LogP contribution is -2.69. The Labute approximate surface area is 294 Å². The molecule has 3 aromatic carbocycles. The molecule has 0 radical (unpaired) electrons. The molecule has 0 aliphatic heterocycles. The molecule has 2 N–H and O–H groups in total. The maximum absolute atomic E-state index is 17.5. The molecule has 0 spiro atoms. The zero-order valence-electron chi connectivity index (χ0n) is 27.7. The van der Waals surface area contributed by atoms with E-state index >= 15 is 4.39 Å². The molecule has 0 bridgehead atoms. The minimum Gasteiger partial charge on any atom is -0.487 e. The number of fused-ring (bicyclic) bond motifs is 5. The summed E-state index contributed by atoms with van der Waals surface area (Å²) >= 11 is 6.34. The van der Waals surface area contributed by atoms with Crippen molar-refractivity contribution in [1.29, 1.82) is 0 Å². The highest BCUT2D eigenvalue weighted by Gasteiger charge is 2.76. The van der Waals surface area contributed by atoms with Crippen LogP contribution in [0, 0.1) is 22.7 Å². The monoisotopic (exact) mass is 700 g/mol. The lowest BCUT2D eigenvalue weighted by Gasteiger charge is -2.62. The second-order valence-electron chi connectivity index (χ2n) is 14.3. The predicted molar refractivity (Wildman–Crippen MR) is 183 cm³/mol. The van der Waals surface area contributed by atoms with E-state index in [1.165, 1.54) is 24.3 Å². The van der Waals surface area contributed by atoms with E-state index in [0.29, 0.717) is 53.7 Å². The van der Waals surface area contributed by atoms with Crippen LogP contribution < -0.4 is 9.47 Å². The van der Waals surface area contributed by atoms with Crippen LogP contribution in [0.1, 0.15) is 61.9 Å². The summed E-state index contributed by atoms with van der Waals surface area (Å²) in [6, 6.07) is 20.8. The predicted octanol–water partition coefficient (Wildman–Crippen LogP) is 8.06. The number of benzene rings is 3. The first-order chi connectivity index (χ1) is 23.8. The number of esters is 1. The number of carboxylic acids is 1. The molecule has 4 aliphatic carbocycles. The molecule has 0 unspecified atom stereocenters. The van der Waals surface area contributed by atoms with Crippen molar-refractivity contribution in [2.75, 3.05) is 0 Å². The number of carbonyl (C=O) groups excluding carboxylic acids is 2. The summed E-state index contributed by atoms with van der Waals surface area (Å²) in [5.74, 6) is -2.26. The number of alkyl halides is 1. The molecular formula is C40H38ClFO8. The number of aliphatic hydroxyl groups excluding tert-OH is 1. The van der Waals surface area contributed by atoms with Gasteiger partial charge in [-0.3, -0.25) is 4.79 Å². The first kappa shape index (κ1) is 34.0. The van der Waals surface area contributed by atoms with Gasteiger partial charge in [0.15, 0.2) is 11.5 Å². The highest BCUT2D eigenvalue weighted by molar-refractivity contribution is 6.32. The van der Waals surface area contributed by atoms with Gasteiger partial charge in [0.25, 0.3) is 0 Å². The summed E-state index contributed by atoms with van der Waals surface area (Å²) < 4.78 is 35.3. The zero-order valence-corrected chi connectivity index (χ0v) is 28.5. The number of ketones is 1. The number of aliphatic hydroxyl groups is 1. The third kappa shape index (κ3) is 5.24. The molecular weight excluding hydrogens is 663 g/mol. The second kappa shape index (κ2) is 12.4. The Morgan fingerprint density at radius 3 is 2.42 bits per heavy atom. The third-order valence-electron chi connectivity index (χ3n) is 11.8. The van der Waals surface area contributed by atoms with Crippen LogP contribution in [0.4, 0.5) is 4.39 Å². The van der Waals surface area contributed by atoms with Crippen molar-refractivity contribution in [3.63, 3.8) is 0 Å². The molecule has 3 aromatic rings. The van der Waals surface area contributed by atoms with Gasteiger partial charge in [0, 0.05) is 22.8 Å². The van der Waals surface area contributed by atoms with Crippen LogP contribution in [0.25, 0.3) is 0 Å². The molecule has 0 aromatic heterocycles. The van der Waals surface area contributed by atoms with Crippen LogP contribution in [0.5, 0.6) is 17.2 Å². The molecule has 0 heterocycles. The molecule has 0 amide bonds. The largest absolute Gasteiger partial charge is 0.487 e. The molecule has 7 atom stereocenters. The zero-order chi connectivity index (χ0) is 35.5. The Morgan fingerprint density at radius 2 is 1.70 bits per heavy atom. The number of carboxylic acid groups (broad SMARTS) is 1. The van der Waals surface area contributed by atoms with Crippen LogP contribution in [-0.4, -0.2) is 45.3 Å². The van der Waals surface area contributed by atoms with E-state index in [9.17, 15) is 24.6 Å². The van der Waals surface area contributed by atoms with E-state index in [4.69, 9.17) is 25.8 Å². The van der Waals surface area contributed by atoms with Crippen molar-refractivity contribution in [3.05, 3.63) is 113 Å². The van der Waals surface area contributed by atoms with Gasteiger partial charge >= 0.3 is 11.9 Å². The van der Waals surface area contributed by atoms with E-state index in [1.54, 1.807) is 50.3 Å². The summed E-state index contributed by atoms with van der Waals surface area (Å²) in [4.78, 5) is 38.9. The lowest BCUT2D eigenvalue weighted by molar-refractivity contribution is -0.222. The smallest absolute Gasteiger partial charge is 0.348 e. The molecule has 3 fully saturated rings. The van der Waals surface area contributed by atoms with Crippen molar-refractivity contribution >= 4 is 29.3 Å². The van der Waals surface area contributed by atoms with Gasteiger partial charge < -0.3 is 24.4 Å². The van der Waals surface area contributed by atoms with Crippen molar-refractivity contribution in [2.45, 2.75) is 69.9 Å². The van der Waals surface area contributed by atoms with E-state index in [1.807, 2.05) is 30.3 Å². The van der Waals surface area contributed by atoms with Crippen molar-refractivity contribution in [2.24, 2.45) is 22.7 Å². The first-order valence-electron chi connectivity index (χ1n) is 16.8. The van der Waals surface area contributed by atoms with Crippen molar-refractivity contribution in [1.82, 2.24) is 0 Å². The van der Waals surface area contributed by atoms with Gasteiger partial charge in [-0.2, -0.15) is 0 Å². The normalized spacial score (nSPS) is 32.6. The standard InChI is InChI=1S/C40H38ClFO8/c1-37-18-16-27(43)20-26(37)10-14-31-30-17-19-39(36(46)47,38(30,2)22-34(44)40(31,37)42)50-35(45)25-8-11-28(12-9-25)49-29-13-15-32(41)33(21-29)48-23-24-6-4-3-5-7-24/h3-9,11-13,15-16,18,20-21,30-31,34,44H,10,14,17,19,22-23H2,1-2H3,(H,46,47)/t30-,31-,34-,37-,38-,39-,40-/m0/s1. The number of carbonyl (C=O) groups is 3. The Kier molecular flexibility index (Phi) is 8.42. The number of halogens is 2. The van der Waals surface area contributed by atoms with E-state index in [0.717, 1.165) is 5.56 Å². The van der Waals surface area contributed by atoms with Gasteiger partial charge in [0.05, 0.1) is 16.7 Å². The summed E-state index contributed by atoms with van der Waals surface area (Å²) in [7, 11) is 0. The highest BCUT2D eigenvalue weighted by atomic mass is 35.5. The molecule has 0 saturated heterocycles. The average Bonchev–Trinajstić information content (AvgIpc) is 3.38. The Hall–Kier alpha value is -4.47. The molecule has 8 nitrogen and oxygen atoms in total. The van der Waals surface area contributed by atoms with E-state index in [-0.39, 0.29) is 24.2 Å².